The van der Waals surface area contributed by atoms with E-state index < -0.39 is 5.91 Å². The van der Waals surface area contributed by atoms with Gasteiger partial charge in [-0.2, -0.15) is 0 Å². The molecule has 0 fully saturated rings. The van der Waals surface area contributed by atoms with Crippen LogP contribution in [0.1, 0.15) is 13.3 Å². The van der Waals surface area contributed by atoms with Crippen LogP contribution in [0.25, 0.3) is 0 Å². The summed E-state index contributed by atoms with van der Waals surface area (Å²) in [5, 5.41) is 0. The van der Waals surface area contributed by atoms with E-state index in [-0.39, 0.29) is 25.0 Å². The van der Waals surface area contributed by atoms with Crippen LogP contribution in [-0.2, 0) is 14.4 Å². The van der Waals surface area contributed by atoms with E-state index in [4.69, 9.17) is 11.5 Å². The van der Waals surface area contributed by atoms with E-state index in [1.54, 1.807) is 0 Å². The highest BCUT2D eigenvalue weighted by atomic mass is 16.7. The Bertz CT molecular complexity index is 180. The second-order valence-corrected chi connectivity index (χ2v) is 2.56. The number of carbonyl (C=O) groups excluding carboxylic acids is 2. The maximum atomic E-state index is 11.1. The van der Waals surface area contributed by atoms with Crippen LogP contribution in [0, 0.1) is 5.92 Å². The minimum Gasteiger partial charge on any atom is -0.368 e. The molecule has 6 heteroatoms. The standard InChI is InChI=1S/C7H15N3O3/c1-2-5(3-8)7(12)10-13-4-6(9)11/h5H,2-4,8H2,1H3,(H2,9,11)(H,10,12). The summed E-state index contributed by atoms with van der Waals surface area (Å²) in [5.41, 5.74) is 12.2. The van der Waals surface area contributed by atoms with Crippen molar-refractivity contribution >= 4 is 11.8 Å². The van der Waals surface area contributed by atoms with Crippen LogP contribution in [-0.4, -0.2) is 25.0 Å². The molecule has 0 heterocycles. The molecular formula is C7H15N3O3. The lowest BCUT2D eigenvalue weighted by atomic mass is 10.1. The molecule has 0 rings (SSSR count). The van der Waals surface area contributed by atoms with Crippen LogP contribution in [0.4, 0.5) is 0 Å². The summed E-state index contributed by atoms with van der Waals surface area (Å²) in [6, 6.07) is 0. The molecule has 0 aliphatic rings. The summed E-state index contributed by atoms with van der Waals surface area (Å²) in [6.45, 7) is 1.76. The molecular weight excluding hydrogens is 174 g/mol. The Labute approximate surface area is 76.5 Å². The van der Waals surface area contributed by atoms with Crippen molar-refractivity contribution in [2.45, 2.75) is 13.3 Å². The van der Waals surface area contributed by atoms with Crippen molar-refractivity contribution in [3.05, 3.63) is 0 Å². The Balaban J connectivity index is 3.66. The Hall–Kier alpha value is -1.14. The first-order chi connectivity index (χ1) is 6.11. The molecule has 0 spiro atoms. The zero-order valence-electron chi connectivity index (χ0n) is 7.58. The fourth-order valence-corrected chi connectivity index (χ4v) is 0.721. The second-order valence-electron chi connectivity index (χ2n) is 2.56. The number of rotatable bonds is 6. The van der Waals surface area contributed by atoms with E-state index in [1.165, 1.54) is 0 Å². The summed E-state index contributed by atoms with van der Waals surface area (Å²) in [7, 11) is 0. The zero-order chi connectivity index (χ0) is 10.3. The third-order valence-electron chi connectivity index (χ3n) is 1.54. The van der Waals surface area contributed by atoms with E-state index in [1.807, 2.05) is 6.92 Å². The molecule has 0 aromatic rings. The largest absolute Gasteiger partial charge is 0.368 e. The van der Waals surface area contributed by atoms with Crippen molar-refractivity contribution in [1.82, 2.24) is 5.48 Å². The SMILES string of the molecule is CCC(CN)C(=O)NOCC(N)=O. The van der Waals surface area contributed by atoms with Crippen LogP contribution in [0.15, 0.2) is 0 Å². The maximum Gasteiger partial charge on any atom is 0.247 e. The van der Waals surface area contributed by atoms with Gasteiger partial charge >= 0.3 is 0 Å². The van der Waals surface area contributed by atoms with Crippen LogP contribution in [0.5, 0.6) is 0 Å². The normalized spacial score (nSPS) is 12.2. The van der Waals surface area contributed by atoms with Crippen molar-refractivity contribution in [3.63, 3.8) is 0 Å². The highest BCUT2D eigenvalue weighted by Gasteiger charge is 2.14. The Morgan fingerprint density at radius 3 is 2.54 bits per heavy atom. The summed E-state index contributed by atoms with van der Waals surface area (Å²) in [5.74, 6) is -1.25. The van der Waals surface area contributed by atoms with Crippen molar-refractivity contribution in [2.24, 2.45) is 17.4 Å². The molecule has 13 heavy (non-hydrogen) atoms. The maximum absolute atomic E-state index is 11.1. The summed E-state index contributed by atoms with van der Waals surface area (Å²) in [4.78, 5) is 25.8. The molecule has 0 saturated carbocycles. The van der Waals surface area contributed by atoms with Crippen LogP contribution in [0.2, 0.25) is 0 Å². The van der Waals surface area contributed by atoms with Gasteiger partial charge in [-0.3, -0.25) is 14.4 Å². The van der Waals surface area contributed by atoms with Gasteiger partial charge < -0.3 is 11.5 Å². The lowest BCUT2D eigenvalue weighted by Crippen LogP contribution is -2.36. The molecule has 0 aliphatic heterocycles. The van der Waals surface area contributed by atoms with Crippen molar-refractivity contribution < 1.29 is 14.4 Å². The summed E-state index contributed by atoms with van der Waals surface area (Å²) >= 11 is 0. The third-order valence-corrected chi connectivity index (χ3v) is 1.54. The molecule has 0 aliphatic carbocycles. The highest BCUT2D eigenvalue weighted by Crippen LogP contribution is 1.98. The number of amides is 2. The minimum absolute atomic E-state index is 0.252. The number of nitrogens with two attached hydrogens (primary N) is 2. The first kappa shape index (κ1) is 11.9. The molecule has 76 valence electrons. The molecule has 0 aromatic heterocycles. The van der Waals surface area contributed by atoms with E-state index in [0.29, 0.717) is 6.42 Å². The van der Waals surface area contributed by atoms with Crippen molar-refractivity contribution in [1.29, 1.82) is 0 Å². The van der Waals surface area contributed by atoms with Gasteiger partial charge in [0.15, 0.2) is 6.61 Å². The van der Waals surface area contributed by atoms with Crippen LogP contribution in [0.3, 0.4) is 0 Å². The molecule has 0 radical (unpaired) electrons. The van der Waals surface area contributed by atoms with Gasteiger partial charge in [0.25, 0.3) is 0 Å². The topological polar surface area (TPSA) is 107 Å². The lowest BCUT2D eigenvalue weighted by Gasteiger charge is -2.11. The molecule has 5 N–H and O–H groups in total. The molecule has 6 nitrogen and oxygen atoms in total. The number of hydrogen-bond donors (Lipinski definition) is 3. The number of hydrogen-bond acceptors (Lipinski definition) is 4. The predicted molar refractivity (Wildman–Crippen MR) is 46.1 cm³/mol. The molecule has 0 saturated heterocycles. The fourth-order valence-electron chi connectivity index (χ4n) is 0.721. The smallest absolute Gasteiger partial charge is 0.247 e. The first-order valence-electron chi connectivity index (χ1n) is 4.01. The van der Waals surface area contributed by atoms with Crippen molar-refractivity contribution in [3.8, 4) is 0 Å². The third kappa shape index (κ3) is 5.15. The molecule has 0 aromatic carbocycles. The molecule has 0 bridgehead atoms. The first-order valence-corrected chi connectivity index (χ1v) is 4.01. The number of primary amides is 1. The zero-order valence-corrected chi connectivity index (χ0v) is 7.58. The van der Waals surface area contributed by atoms with Crippen LogP contribution >= 0.6 is 0 Å². The molecule has 2 amide bonds. The number of hydroxylamine groups is 1. The minimum atomic E-state index is -0.638. The predicted octanol–water partition coefficient (Wildman–Crippen LogP) is -1.50. The van der Waals surface area contributed by atoms with Gasteiger partial charge in [-0.05, 0) is 6.42 Å². The van der Waals surface area contributed by atoms with Gasteiger partial charge in [-0.1, -0.05) is 6.92 Å². The van der Waals surface area contributed by atoms with Gasteiger partial charge in [-0.25, -0.2) is 5.48 Å². The van der Waals surface area contributed by atoms with E-state index in [0.717, 1.165) is 0 Å². The quantitative estimate of drug-likeness (QED) is 0.442. The van der Waals surface area contributed by atoms with E-state index >= 15 is 0 Å². The van der Waals surface area contributed by atoms with E-state index in [9.17, 15) is 9.59 Å². The van der Waals surface area contributed by atoms with E-state index in [2.05, 4.69) is 10.3 Å². The average Bonchev–Trinajstić information content (AvgIpc) is 2.05. The molecule has 1 unspecified atom stereocenters. The monoisotopic (exact) mass is 189 g/mol. The lowest BCUT2D eigenvalue weighted by molar-refractivity contribution is -0.141. The van der Waals surface area contributed by atoms with Gasteiger partial charge in [0, 0.05) is 6.54 Å². The summed E-state index contributed by atoms with van der Waals surface area (Å²) < 4.78 is 0. The Kier molecular flexibility index (Phi) is 5.82. The van der Waals surface area contributed by atoms with Gasteiger partial charge in [0.05, 0.1) is 5.92 Å². The number of carbonyl (C=O) groups is 2. The Morgan fingerprint density at radius 1 is 1.54 bits per heavy atom. The highest BCUT2D eigenvalue weighted by molar-refractivity contribution is 5.78. The number of nitrogens with one attached hydrogen (secondary N) is 1. The van der Waals surface area contributed by atoms with Crippen LogP contribution < -0.4 is 16.9 Å². The fraction of sp³-hybridized carbons (Fsp3) is 0.714. The van der Waals surface area contributed by atoms with Crippen molar-refractivity contribution in [2.75, 3.05) is 13.2 Å². The summed E-state index contributed by atoms with van der Waals surface area (Å²) in [6.07, 6.45) is 0.627. The second kappa shape index (κ2) is 6.38. The molecule has 1 atom stereocenters. The Morgan fingerprint density at radius 2 is 2.15 bits per heavy atom. The van der Waals surface area contributed by atoms with Gasteiger partial charge in [0.2, 0.25) is 11.8 Å². The average molecular weight is 189 g/mol. The van der Waals surface area contributed by atoms with Gasteiger partial charge in [0.1, 0.15) is 0 Å². The van der Waals surface area contributed by atoms with Gasteiger partial charge in [-0.15, -0.1) is 0 Å².